The van der Waals surface area contributed by atoms with Crippen molar-refractivity contribution in [3.8, 4) is 0 Å². The minimum absolute atomic E-state index is 0.589. The number of hydrogen-bond donors (Lipinski definition) is 1. The minimum atomic E-state index is 0.589. The number of benzene rings is 1. The van der Waals surface area contributed by atoms with E-state index in [9.17, 15) is 0 Å². The molecule has 2 N–H and O–H groups in total. The molecule has 1 rings (SSSR count). The summed E-state index contributed by atoms with van der Waals surface area (Å²) < 4.78 is 1.16. The molecule has 0 fully saturated rings. The van der Waals surface area contributed by atoms with Crippen LogP contribution < -0.4 is 5.73 Å². The molecule has 0 spiro atoms. The van der Waals surface area contributed by atoms with Crippen molar-refractivity contribution in [1.82, 2.24) is 4.90 Å². The third-order valence-electron chi connectivity index (χ3n) is 2.93. The Morgan fingerprint density at radius 1 is 1.47 bits per heavy atom. The first-order valence-electron chi connectivity index (χ1n) is 5.75. The Bertz CT molecular complexity index is 357. The standard InChI is InChI=1S/C13H21BrN2S/c1-10(9-17-3)16(2)8-12-5-4-11(7-15)6-13(12)14/h4-6,10H,7-9,15H2,1-3H3. The Balaban J connectivity index is 2.68. The highest BCUT2D eigenvalue weighted by Crippen LogP contribution is 2.21. The average Bonchev–Trinajstić information content (AvgIpc) is 2.31. The Kier molecular flexibility index (Phi) is 6.55. The molecule has 17 heavy (non-hydrogen) atoms. The lowest BCUT2D eigenvalue weighted by molar-refractivity contribution is 0.269. The van der Waals surface area contributed by atoms with Gasteiger partial charge in [0.25, 0.3) is 0 Å². The predicted octanol–water partition coefficient (Wildman–Crippen LogP) is 3.09. The fraction of sp³-hybridized carbons (Fsp3) is 0.538. The monoisotopic (exact) mass is 316 g/mol. The van der Waals surface area contributed by atoms with Gasteiger partial charge in [0.2, 0.25) is 0 Å². The van der Waals surface area contributed by atoms with Crippen molar-refractivity contribution in [1.29, 1.82) is 0 Å². The van der Waals surface area contributed by atoms with Crippen molar-refractivity contribution in [3.05, 3.63) is 33.8 Å². The molecule has 0 aromatic heterocycles. The first-order valence-corrected chi connectivity index (χ1v) is 7.93. The van der Waals surface area contributed by atoms with Gasteiger partial charge in [0.15, 0.2) is 0 Å². The van der Waals surface area contributed by atoms with Gasteiger partial charge in [0, 0.05) is 29.4 Å². The Morgan fingerprint density at radius 3 is 2.71 bits per heavy atom. The molecule has 0 aliphatic carbocycles. The largest absolute Gasteiger partial charge is 0.326 e. The molecule has 0 aliphatic heterocycles. The SMILES string of the molecule is CSCC(C)N(C)Cc1ccc(CN)cc1Br. The Labute approximate surface area is 117 Å². The summed E-state index contributed by atoms with van der Waals surface area (Å²) in [7, 11) is 2.17. The summed E-state index contributed by atoms with van der Waals surface area (Å²) in [5, 5.41) is 0. The van der Waals surface area contributed by atoms with Gasteiger partial charge in [-0.15, -0.1) is 0 Å². The molecule has 0 saturated carbocycles. The number of nitrogens with two attached hydrogens (primary N) is 1. The lowest BCUT2D eigenvalue weighted by Crippen LogP contribution is -2.30. The third-order valence-corrected chi connectivity index (χ3v) is 4.49. The molecule has 0 saturated heterocycles. The Morgan fingerprint density at radius 2 is 2.18 bits per heavy atom. The predicted molar refractivity (Wildman–Crippen MR) is 81.3 cm³/mol. The zero-order valence-corrected chi connectivity index (χ0v) is 13.1. The van der Waals surface area contributed by atoms with Crippen LogP contribution in [0.2, 0.25) is 0 Å². The number of halogens is 1. The van der Waals surface area contributed by atoms with Gasteiger partial charge in [-0.3, -0.25) is 4.90 Å². The fourth-order valence-corrected chi connectivity index (χ4v) is 2.93. The first-order chi connectivity index (χ1) is 8.08. The molecular formula is C13H21BrN2S. The van der Waals surface area contributed by atoms with E-state index in [1.54, 1.807) is 0 Å². The van der Waals surface area contributed by atoms with Gasteiger partial charge in [0.1, 0.15) is 0 Å². The smallest absolute Gasteiger partial charge is 0.0245 e. The molecule has 1 aromatic rings. The normalized spacial score (nSPS) is 13.1. The molecule has 0 amide bonds. The Hall–Kier alpha value is -0.0300. The molecule has 1 unspecified atom stereocenters. The van der Waals surface area contributed by atoms with Crippen LogP contribution in [-0.2, 0) is 13.1 Å². The molecule has 0 radical (unpaired) electrons. The maximum Gasteiger partial charge on any atom is 0.0245 e. The van der Waals surface area contributed by atoms with Crippen molar-refractivity contribution in [2.24, 2.45) is 5.73 Å². The zero-order valence-electron chi connectivity index (χ0n) is 10.7. The number of nitrogens with zero attached hydrogens (tertiary/aromatic N) is 1. The number of rotatable bonds is 6. The van der Waals surface area contributed by atoms with E-state index in [-0.39, 0.29) is 0 Å². The summed E-state index contributed by atoms with van der Waals surface area (Å²) in [6.07, 6.45) is 2.15. The topological polar surface area (TPSA) is 29.3 Å². The van der Waals surface area contributed by atoms with Crippen LogP contribution in [0.5, 0.6) is 0 Å². The second kappa shape index (κ2) is 7.41. The molecule has 2 nitrogen and oxygen atoms in total. The second-order valence-electron chi connectivity index (χ2n) is 4.35. The van der Waals surface area contributed by atoms with Gasteiger partial charge in [0.05, 0.1) is 0 Å². The third kappa shape index (κ3) is 4.62. The van der Waals surface area contributed by atoms with E-state index in [0.717, 1.165) is 16.8 Å². The van der Waals surface area contributed by atoms with Crippen LogP contribution in [0.25, 0.3) is 0 Å². The van der Waals surface area contributed by atoms with Gasteiger partial charge in [-0.25, -0.2) is 0 Å². The van der Waals surface area contributed by atoms with Gasteiger partial charge in [-0.2, -0.15) is 11.8 Å². The van der Waals surface area contributed by atoms with Crippen molar-refractivity contribution < 1.29 is 0 Å². The van der Waals surface area contributed by atoms with Crippen LogP contribution in [0.15, 0.2) is 22.7 Å². The van der Waals surface area contributed by atoms with Gasteiger partial charge < -0.3 is 5.73 Å². The van der Waals surface area contributed by atoms with Crippen LogP contribution in [0, 0.1) is 0 Å². The molecular weight excluding hydrogens is 296 g/mol. The molecule has 96 valence electrons. The van der Waals surface area contributed by atoms with E-state index >= 15 is 0 Å². The van der Waals surface area contributed by atoms with E-state index in [1.165, 1.54) is 11.1 Å². The zero-order chi connectivity index (χ0) is 12.8. The van der Waals surface area contributed by atoms with Gasteiger partial charge in [-0.05, 0) is 37.4 Å². The summed E-state index contributed by atoms with van der Waals surface area (Å²) in [4.78, 5) is 2.37. The molecule has 0 aliphatic rings. The summed E-state index contributed by atoms with van der Waals surface area (Å²) >= 11 is 5.51. The first kappa shape index (κ1) is 15.0. The summed E-state index contributed by atoms with van der Waals surface area (Å²) in [6, 6.07) is 6.97. The lowest BCUT2D eigenvalue weighted by atomic mass is 10.1. The van der Waals surface area contributed by atoms with Crippen molar-refractivity contribution >= 4 is 27.7 Å². The van der Waals surface area contributed by atoms with Gasteiger partial charge >= 0.3 is 0 Å². The van der Waals surface area contributed by atoms with Gasteiger partial charge in [-0.1, -0.05) is 28.1 Å². The van der Waals surface area contributed by atoms with Crippen molar-refractivity contribution in [2.45, 2.75) is 26.1 Å². The van der Waals surface area contributed by atoms with Crippen LogP contribution in [0.3, 0.4) is 0 Å². The molecule has 1 aromatic carbocycles. The second-order valence-corrected chi connectivity index (χ2v) is 6.11. The van der Waals surface area contributed by atoms with E-state index in [0.29, 0.717) is 12.6 Å². The summed E-state index contributed by atoms with van der Waals surface area (Å²) in [5.74, 6) is 1.16. The van der Waals surface area contributed by atoms with Crippen LogP contribution >= 0.6 is 27.7 Å². The molecule has 0 heterocycles. The lowest BCUT2D eigenvalue weighted by Gasteiger charge is -2.24. The van der Waals surface area contributed by atoms with Crippen LogP contribution in [-0.4, -0.2) is 30.0 Å². The summed E-state index contributed by atoms with van der Waals surface area (Å²) in [6.45, 7) is 3.82. The fourth-order valence-electron chi connectivity index (χ4n) is 1.64. The number of thioether (sulfide) groups is 1. The molecule has 4 heteroatoms. The van der Waals surface area contributed by atoms with Crippen molar-refractivity contribution in [3.63, 3.8) is 0 Å². The van der Waals surface area contributed by atoms with Crippen LogP contribution in [0.1, 0.15) is 18.1 Å². The molecule has 1 atom stereocenters. The highest BCUT2D eigenvalue weighted by atomic mass is 79.9. The van der Waals surface area contributed by atoms with E-state index in [1.807, 2.05) is 11.8 Å². The summed E-state index contributed by atoms with van der Waals surface area (Å²) in [5.41, 5.74) is 8.11. The highest BCUT2D eigenvalue weighted by Gasteiger charge is 2.10. The van der Waals surface area contributed by atoms with E-state index in [2.05, 4.69) is 59.3 Å². The average molecular weight is 317 g/mol. The highest BCUT2D eigenvalue weighted by molar-refractivity contribution is 9.10. The quantitative estimate of drug-likeness (QED) is 0.874. The molecule has 0 bridgehead atoms. The van der Waals surface area contributed by atoms with Crippen molar-refractivity contribution in [2.75, 3.05) is 19.1 Å². The van der Waals surface area contributed by atoms with E-state index < -0.39 is 0 Å². The van der Waals surface area contributed by atoms with E-state index in [4.69, 9.17) is 5.73 Å². The minimum Gasteiger partial charge on any atom is -0.326 e. The number of hydrogen-bond acceptors (Lipinski definition) is 3. The maximum atomic E-state index is 5.62. The maximum absolute atomic E-state index is 5.62. The van der Waals surface area contributed by atoms with Crippen LogP contribution in [0.4, 0.5) is 0 Å².